The summed E-state index contributed by atoms with van der Waals surface area (Å²) in [7, 11) is 0. The first-order valence-corrected chi connectivity index (χ1v) is 5.11. The molecule has 3 heteroatoms. The maximum absolute atomic E-state index is 4.27. The minimum Gasteiger partial charge on any atom is -0.316 e. The standard InChI is InChI=1S/C10H17N3/c1-2-13-10(4-6-12-13)7-9-3-5-11-8-9/h4,6,9,11H,2-3,5,7-8H2,1H3. The SMILES string of the molecule is CCn1nccc1CC1CCNC1. The van der Waals surface area contributed by atoms with Crippen molar-refractivity contribution in [1.29, 1.82) is 0 Å². The van der Waals surface area contributed by atoms with E-state index in [1.807, 2.05) is 6.20 Å². The Kier molecular flexibility index (Phi) is 2.64. The molecule has 3 nitrogen and oxygen atoms in total. The third-order valence-corrected chi connectivity index (χ3v) is 2.76. The molecule has 0 radical (unpaired) electrons. The fourth-order valence-electron chi connectivity index (χ4n) is 2.00. The lowest BCUT2D eigenvalue weighted by atomic mass is 10.0. The smallest absolute Gasteiger partial charge is 0.0492 e. The monoisotopic (exact) mass is 179 g/mol. The molecule has 13 heavy (non-hydrogen) atoms. The van der Waals surface area contributed by atoms with Crippen molar-refractivity contribution in [3.63, 3.8) is 0 Å². The highest BCUT2D eigenvalue weighted by Crippen LogP contribution is 2.14. The Morgan fingerprint density at radius 2 is 2.62 bits per heavy atom. The summed E-state index contributed by atoms with van der Waals surface area (Å²) in [5, 5.41) is 7.67. The van der Waals surface area contributed by atoms with Crippen molar-refractivity contribution in [3.8, 4) is 0 Å². The minimum absolute atomic E-state index is 0.821. The highest BCUT2D eigenvalue weighted by Gasteiger charge is 2.16. The first kappa shape index (κ1) is 8.75. The van der Waals surface area contributed by atoms with Gasteiger partial charge in [0, 0.05) is 18.4 Å². The summed E-state index contributed by atoms with van der Waals surface area (Å²) in [6.07, 6.45) is 4.40. The number of hydrogen-bond donors (Lipinski definition) is 1. The van der Waals surface area contributed by atoms with Crippen LogP contribution in [-0.2, 0) is 13.0 Å². The first-order chi connectivity index (χ1) is 6.40. The predicted molar refractivity (Wildman–Crippen MR) is 52.6 cm³/mol. The summed E-state index contributed by atoms with van der Waals surface area (Å²) < 4.78 is 2.10. The highest BCUT2D eigenvalue weighted by molar-refractivity contribution is 5.02. The van der Waals surface area contributed by atoms with Crippen LogP contribution in [0.3, 0.4) is 0 Å². The fraction of sp³-hybridized carbons (Fsp3) is 0.700. The Morgan fingerprint density at radius 1 is 1.69 bits per heavy atom. The topological polar surface area (TPSA) is 29.9 Å². The van der Waals surface area contributed by atoms with E-state index in [2.05, 4.69) is 28.1 Å². The minimum atomic E-state index is 0.821. The normalized spacial score (nSPS) is 22.4. The van der Waals surface area contributed by atoms with Gasteiger partial charge in [-0.25, -0.2) is 0 Å². The van der Waals surface area contributed by atoms with Gasteiger partial charge in [0.2, 0.25) is 0 Å². The zero-order valence-electron chi connectivity index (χ0n) is 8.16. The average molecular weight is 179 g/mol. The van der Waals surface area contributed by atoms with Crippen LogP contribution in [-0.4, -0.2) is 22.9 Å². The van der Waals surface area contributed by atoms with E-state index in [4.69, 9.17) is 0 Å². The van der Waals surface area contributed by atoms with E-state index < -0.39 is 0 Å². The molecule has 1 aliphatic heterocycles. The highest BCUT2D eigenvalue weighted by atomic mass is 15.3. The lowest BCUT2D eigenvalue weighted by Crippen LogP contribution is -2.13. The molecule has 1 saturated heterocycles. The van der Waals surface area contributed by atoms with Crippen molar-refractivity contribution < 1.29 is 0 Å². The van der Waals surface area contributed by atoms with Crippen LogP contribution in [0.5, 0.6) is 0 Å². The zero-order valence-corrected chi connectivity index (χ0v) is 8.16. The van der Waals surface area contributed by atoms with Gasteiger partial charge >= 0.3 is 0 Å². The molecule has 0 spiro atoms. The van der Waals surface area contributed by atoms with E-state index in [9.17, 15) is 0 Å². The van der Waals surface area contributed by atoms with Crippen LogP contribution in [0.15, 0.2) is 12.3 Å². The van der Waals surface area contributed by atoms with E-state index in [1.165, 1.54) is 31.6 Å². The Morgan fingerprint density at radius 3 is 3.31 bits per heavy atom. The number of aromatic nitrogens is 2. The van der Waals surface area contributed by atoms with Crippen LogP contribution in [0.25, 0.3) is 0 Å². The number of nitrogens with one attached hydrogen (secondary N) is 1. The quantitative estimate of drug-likeness (QED) is 0.751. The number of hydrogen-bond acceptors (Lipinski definition) is 2. The lowest BCUT2D eigenvalue weighted by Gasteiger charge is -2.09. The second-order valence-corrected chi connectivity index (χ2v) is 3.70. The van der Waals surface area contributed by atoms with Crippen molar-refractivity contribution in [3.05, 3.63) is 18.0 Å². The van der Waals surface area contributed by atoms with E-state index in [1.54, 1.807) is 0 Å². The molecule has 1 atom stereocenters. The number of nitrogens with zero attached hydrogens (tertiary/aromatic N) is 2. The third kappa shape index (κ3) is 1.91. The van der Waals surface area contributed by atoms with Gasteiger partial charge < -0.3 is 5.32 Å². The largest absolute Gasteiger partial charge is 0.316 e. The summed E-state index contributed by atoms with van der Waals surface area (Å²) in [5.74, 6) is 0.821. The Bertz CT molecular complexity index is 261. The first-order valence-electron chi connectivity index (χ1n) is 5.11. The van der Waals surface area contributed by atoms with Gasteiger partial charge in [0.1, 0.15) is 0 Å². The molecule has 2 rings (SSSR count). The molecule has 0 aliphatic carbocycles. The maximum atomic E-state index is 4.27. The zero-order chi connectivity index (χ0) is 9.10. The van der Waals surface area contributed by atoms with Gasteiger partial charge in [0.05, 0.1) is 0 Å². The van der Waals surface area contributed by atoms with Gasteiger partial charge in [0.15, 0.2) is 0 Å². The molecule has 1 aromatic heterocycles. The molecule has 1 N–H and O–H groups in total. The van der Waals surface area contributed by atoms with Gasteiger partial charge in [0.25, 0.3) is 0 Å². The van der Waals surface area contributed by atoms with Gasteiger partial charge in [-0.1, -0.05) is 0 Å². The van der Waals surface area contributed by atoms with Crippen molar-refractivity contribution in [2.75, 3.05) is 13.1 Å². The Hall–Kier alpha value is -0.830. The number of rotatable bonds is 3. The van der Waals surface area contributed by atoms with Gasteiger partial charge in [-0.2, -0.15) is 5.10 Å². The van der Waals surface area contributed by atoms with Crippen molar-refractivity contribution in [1.82, 2.24) is 15.1 Å². The summed E-state index contributed by atoms with van der Waals surface area (Å²) in [5.41, 5.74) is 1.39. The maximum Gasteiger partial charge on any atom is 0.0492 e. The van der Waals surface area contributed by atoms with Crippen molar-refractivity contribution in [2.24, 2.45) is 5.92 Å². The van der Waals surface area contributed by atoms with Crippen LogP contribution >= 0.6 is 0 Å². The second-order valence-electron chi connectivity index (χ2n) is 3.70. The van der Waals surface area contributed by atoms with Gasteiger partial charge in [-0.3, -0.25) is 4.68 Å². The molecule has 2 heterocycles. The van der Waals surface area contributed by atoms with Gasteiger partial charge in [-0.05, 0) is 44.8 Å². The fourth-order valence-corrected chi connectivity index (χ4v) is 2.00. The van der Waals surface area contributed by atoms with Crippen LogP contribution in [0, 0.1) is 5.92 Å². The molecule has 0 bridgehead atoms. The Labute approximate surface area is 79.1 Å². The van der Waals surface area contributed by atoms with Gasteiger partial charge in [-0.15, -0.1) is 0 Å². The van der Waals surface area contributed by atoms with Crippen molar-refractivity contribution >= 4 is 0 Å². The summed E-state index contributed by atoms with van der Waals surface area (Å²) >= 11 is 0. The van der Waals surface area contributed by atoms with Crippen LogP contribution < -0.4 is 5.32 Å². The number of aryl methyl sites for hydroxylation is 1. The summed E-state index contributed by atoms with van der Waals surface area (Å²) in [6.45, 7) is 5.49. The van der Waals surface area contributed by atoms with E-state index in [0.717, 1.165) is 12.5 Å². The molecule has 0 aromatic carbocycles. The summed E-state index contributed by atoms with van der Waals surface area (Å²) in [6, 6.07) is 2.14. The molecule has 72 valence electrons. The molecule has 1 aliphatic rings. The van der Waals surface area contributed by atoms with E-state index >= 15 is 0 Å². The lowest BCUT2D eigenvalue weighted by molar-refractivity contribution is 0.530. The van der Waals surface area contributed by atoms with E-state index in [-0.39, 0.29) is 0 Å². The molecule has 0 amide bonds. The Balaban J connectivity index is 1.99. The summed E-state index contributed by atoms with van der Waals surface area (Å²) in [4.78, 5) is 0. The van der Waals surface area contributed by atoms with Crippen molar-refractivity contribution in [2.45, 2.75) is 26.3 Å². The van der Waals surface area contributed by atoms with E-state index in [0.29, 0.717) is 0 Å². The second kappa shape index (κ2) is 3.92. The molecular weight excluding hydrogens is 162 g/mol. The molecule has 0 saturated carbocycles. The molecule has 1 aromatic rings. The average Bonchev–Trinajstić information content (AvgIpc) is 2.76. The molecular formula is C10H17N3. The van der Waals surface area contributed by atoms with Crippen LogP contribution in [0.4, 0.5) is 0 Å². The predicted octanol–water partition coefficient (Wildman–Crippen LogP) is 1.05. The molecule has 1 unspecified atom stereocenters. The van der Waals surface area contributed by atoms with Crippen LogP contribution in [0.2, 0.25) is 0 Å². The van der Waals surface area contributed by atoms with Crippen LogP contribution in [0.1, 0.15) is 19.0 Å². The molecule has 1 fully saturated rings. The third-order valence-electron chi connectivity index (χ3n) is 2.76.